The SMILES string of the molecule is N#Cc1ccc(NC(=O)NCC(=O)NCC(=O)O)c(Br)c1. The lowest BCUT2D eigenvalue weighted by Gasteiger charge is -2.09. The first-order valence-electron chi connectivity index (χ1n) is 5.65. The molecule has 0 saturated heterocycles. The van der Waals surface area contributed by atoms with E-state index in [0.29, 0.717) is 15.7 Å². The molecule has 0 radical (unpaired) electrons. The molecule has 1 aromatic rings. The largest absolute Gasteiger partial charge is 0.480 e. The molecule has 9 heteroatoms. The van der Waals surface area contributed by atoms with E-state index in [0.717, 1.165) is 0 Å². The van der Waals surface area contributed by atoms with E-state index in [-0.39, 0.29) is 6.54 Å². The number of anilines is 1. The number of amides is 3. The van der Waals surface area contributed by atoms with E-state index in [1.165, 1.54) is 18.2 Å². The van der Waals surface area contributed by atoms with Crippen LogP contribution in [0.1, 0.15) is 5.56 Å². The Morgan fingerprint density at radius 3 is 2.52 bits per heavy atom. The van der Waals surface area contributed by atoms with Gasteiger partial charge in [0.1, 0.15) is 6.54 Å². The van der Waals surface area contributed by atoms with Crippen LogP contribution in [0, 0.1) is 11.3 Å². The van der Waals surface area contributed by atoms with Crippen molar-refractivity contribution >= 4 is 39.5 Å². The van der Waals surface area contributed by atoms with Crippen molar-refractivity contribution in [2.75, 3.05) is 18.4 Å². The minimum absolute atomic E-state index is 0.354. The summed E-state index contributed by atoms with van der Waals surface area (Å²) in [7, 11) is 0. The lowest BCUT2D eigenvalue weighted by molar-refractivity contribution is -0.137. The predicted molar refractivity (Wildman–Crippen MR) is 76.5 cm³/mol. The van der Waals surface area contributed by atoms with Crippen LogP contribution in [0.5, 0.6) is 0 Å². The smallest absolute Gasteiger partial charge is 0.322 e. The Balaban J connectivity index is 2.46. The van der Waals surface area contributed by atoms with Crippen molar-refractivity contribution in [1.29, 1.82) is 5.26 Å². The Morgan fingerprint density at radius 1 is 1.24 bits per heavy atom. The van der Waals surface area contributed by atoms with Gasteiger partial charge in [0.15, 0.2) is 0 Å². The Bertz CT molecular complexity index is 612. The fourth-order valence-corrected chi connectivity index (χ4v) is 1.73. The van der Waals surface area contributed by atoms with Gasteiger partial charge in [0, 0.05) is 4.47 Å². The molecule has 1 rings (SSSR count). The maximum atomic E-state index is 11.6. The van der Waals surface area contributed by atoms with Crippen LogP contribution in [-0.4, -0.2) is 36.1 Å². The molecule has 0 aliphatic carbocycles. The summed E-state index contributed by atoms with van der Waals surface area (Å²) < 4.78 is 0.520. The van der Waals surface area contributed by atoms with Gasteiger partial charge in [0.2, 0.25) is 5.91 Å². The highest BCUT2D eigenvalue weighted by Gasteiger charge is 2.08. The Kier molecular flexibility index (Phi) is 6.16. The number of halogens is 1. The number of hydrogen-bond donors (Lipinski definition) is 4. The van der Waals surface area contributed by atoms with Gasteiger partial charge < -0.3 is 21.1 Å². The summed E-state index contributed by atoms with van der Waals surface area (Å²) in [5.41, 5.74) is 0.860. The Labute approximate surface area is 128 Å². The number of urea groups is 1. The van der Waals surface area contributed by atoms with Crippen molar-refractivity contribution in [2.45, 2.75) is 0 Å². The highest BCUT2D eigenvalue weighted by molar-refractivity contribution is 9.10. The number of nitrogens with one attached hydrogen (secondary N) is 3. The van der Waals surface area contributed by atoms with E-state index in [4.69, 9.17) is 10.4 Å². The number of benzene rings is 1. The van der Waals surface area contributed by atoms with Gasteiger partial charge in [-0.15, -0.1) is 0 Å². The zero-order chi connectivity index (χ0) is 15.8. The third-order valence-corrected chi connectivity index (χ3v) is 2.85. The molecule has 8 nitrogen and oxygen atoms in total. The molecule has 0 atom stereocenters. The van der Waals surface area contributed by atoms with Crippen LogP contribution in [0.2, 0.25) is 0 Å². The van der Waals surface area contributed by atoms with Crippen molar-refractivity contribution in [2.24, 2.45) is 0 Å². The maximum Gasteiger partial charge on any atom is 0.322 e. The second-order valence-electron chi connectivity index (χ2n) is 3.78. The first-order valence-corrected chi connectivity index (χ1v) is 6.44. The van der Waals surface area contributed by atoms with Gasteiger partial charge in [-0.3, -0.25) is 9.59 Å². The van der Waals surface area contributed by atoms with Gasteiger partial charge in [-0.2, -0.15) is 5.26 Å². The average Bonchev–Trinajstić information content (AvgIpc) is 2.45. The molecule has 0 saturated carbocycles. The van der Waals surface area contributed by atoms with E-state index in [1.807, 2.05) is 6.07 Å². The topological polar surface area (TPSA) is 131 Å². The number of carboxylic acids is 1. The van der Waals surface area contributed by atoms with Crippen LogP contribution in [0.4, 0.5) is 10.5 Å². The number of carbonyl (C=O) groups is 3. The van der Waals surface area contributed by atoms with E-state index in [9.17, 15) is 14.4 Å². The number of rotatable bonds is 5. The molecule has 21 heavy (non-hydrogen) atoms. The second-order valence-corrected chi connectivity index (χ2v) is 4.64. The lowest BCUT2D eigenvalue weighted by Crippen LogP contribution is -2.40. The first kappa shape index (κ1) is 16.5. The maximum absolute atomic E-state index is 11.6. The zero-order valence-corrected chi connectivity index (χ0v) is 12.2. The molecule has 0 aromatic heterocycles. The monoisotopic (exact) mass is 354 g/mol. The fraction of sp³-hybridized carbons (Fsp3) is 0.167. The molecular formula is C12H11BrN4O4. The van der Waals surface area contributed by atoms with Crippen LogP contribution in [-0.2, 0) is 9.59 Å². The van der Waals surface area contributed by atoms with E-state index in [2.05, 4.69) is 31.9 Å². The zero-order valence-electron chi connectivity index (χ0n) is 10.6. The number of carbonyl (C=O) groups excluding carboxylic acids is 2. The molecule has 4 N–H and O–H groups in total. The van der Waals surface area contributed by atoms with Crippen molar-refractivity contribution < 1.29 is 19.5 Å². The van der Waals surface area contributed by atoms with Crippen molar-refractivity contribution in [3.8, 4) is 6.07 Å². The molecule has 0 aliphatic rings. The number of hydrogen-bond acceptors (Lipinski definition) is 4. The molecule has 0 aliphatic heterocycles. The molecule has 0 spiro atoms. The molecule has 3 amide bonds. The predicted octanol–water partition coefficient (Wildman–Crippen LogP) is 0.643. The van der Waals surface area contributed by atoms with Gasteiger partial charge in [0.05, 0.1) is 23.9 Å². The highest BCUT2D eigenvalue weighted by Crippen LogP contribution is 2.23. The standard InChI is InChI=1S/C12H11BrN4O4/c13-8-3-7(4-14)1-2-9(8)17-12(21)16-5-10(18)15-6-11(19)20/h1-3H,5-6H2,(H,15,18)(H,19,20)(H2,16,17,21). The summed E-state index contributed by atoms with van der Waals surface area (Å²) in [5.74, 6) is -1.79. The minimum Gasteiger partial charge on any atom is -0.480 e. The quantitative estimate of drug-likeness (QED) is 0.616. The molecule has 0 bridgehead atoms. The third-order valence-electron chi connectivity index (χ3n) is 2.19. The summed E-state index contributed by atoms with van der Waals surface area (Å²) in [6.45, 7) is -0.865. The summed E-state index contributed by atoms with van der Waals surface area (Å²) in [6, 6.07) is 5.92. The van der Waals surface area contributed by atoms with Crippen molar-refractivity contribution in [3.63, 3.8) is 0 Å². The average molecular weight is 355 g/mol. The van der Waals surface area contributed by atoms with Gasteiger partial charge in [-0.25, -0.2) is 4.79 Å². The minimum atomic E-state index is -1.17. The number of nitrogens with zero attached hydrogens (tertiary/aromatic N) is 1. The van der Waals surface area contributed by atoms with Gasteiger partial charge in [0.25, 0.3) is 0 Å². The molecule has 1 aromatic carbocycles. The Morgan fingerprint density at radius 2 is 1.95 bits per heavy atom. The van der Waals surface area contributed by atoms with Crippen LogP contribution < -0.4 is 16.0 Å². The molecule has 0 fully saturated rings. The van der Waals surface area contributed by atoms with Gasteiger partial charge >= 0.3 is 12.0 Å². The van der Waals surface area contributed by atoms with Crippen LogP contribution in [0.3, 0.4) is 0 Å². The number of nitriles is 1. The molecule has 110 valence electrons. The van der Waals surface area contributed by atoms with Crippen LogP contribution in [0.25, 0.3) is 0 Å². The van der Waals surface area contributed by atoms with Gasteiger partial charge in [-0.05, 0) is 34.1 Å². The highest BCUT2D eigenvalue weighted by atomic mass is 79.9. The summed E-state index contributed by atoms with van der Waals surface area (Å²) >= 11 is 3.20. The first-order chi connectivity index (χ1) is 9.92. The molecule has 0 unspecified atom stereocenters. The lowest BCUT2D eigenvalue weighted by atomic mass is 10.2. The number of carboxylic acid groups (broad SMARTS) is 1. The van der Waals surface area contributed by atoms with Crippen LogP contribution >= 0.6 is 15.9 Å². The van der Waals surface area contributed by atoms with Crippen molar-refractivity contribution in [1.82, 2.24) is 10.6 Å². The summed E-state index contributed by atoms with van der Waals surface area (Å²) in [5, 5.41) is 23.9. The summed E-state index contributed by atoms with van der Waals surface area (Å²) in [6.07, 6.45) is 0. The Hall–Kier alpha value is -2.60. The van der Waals surface area contributed by atoms with Crippen LogP contribution in [0.15, 0.2) is 22.7 Å². The third kappa shape index (κ3) is 5.92. The molecular weight excluding hydrogens is 344 g/mol. The normalized spacial score (nSPS) is 9.33. The fourth-order valence-electron chi connectivity index (χ4n) is 1.25. The second kappa shape index (κ2) is 7.86. The van der Waals surface area contributed by atoms with Gasteiger partial charge in [-0.1, -0.05) is 0 Å². The van der Waals surface area contributed by atoms with E-state index < -0.39 is 24.5 Å². The van der Waals surface area contributed by atoms with E-state index in [1.54, 1.807) is 0 Å². The number of aliphatic carboxylic acids is 1. The molecule has 0 heterocycles. The van der Waals surface area contributed by atoms with E-state index >= 15 is 0 Å². The van der Waals surface area contributed by atoms with Crippen molar-refractivity contribution in [3.05, 3.63) is 28.2 Å². The summed E-state index contributed by atoms with van der Waals surface area (Å²) in [4.78, 5) is 33.0.